The summed E-state index contributed by atoms with van der Waals surface area (Å²) < 4.78 is 0. The molecule has 0 amide bonds. The summed E-state index contributed by atoms with van der Waals surface area (Å²) in [6.07, 6.45) is -0.743. The Morgan fingerprint density at radius 3 is 1.96 bits per heavy atom. The molecule has 0 saturated carbocycles. The van der Waals surface area contributed by atoms with Crippen LogP contribution in [-0.4, -0.2) is 39.5 Å². The topological polar surface area (TPSA) is 89.8 Å². The predicted octanol–water partition coefficient (Wildman–Crippen LogP) is 1.87. The Bertz CT molecular complexity index is 705. The number of carboxylic acid groups (broad SMARTS) is 1. The number of rotatable bonds is 5. The van der Waals surface area contributed by atoms with Gasteiger partial charge in [-0.05, 0) is 11.1 Å². The van der Waals surface area contributed by atoms with Gasteiger partial charge in [0.1, 0.15) is 0 Å². The molecular formula is C20H21NO4. The van der Waals surface area contributed by atoms with Crippen molar-refractivity contribution < 1.29 is 20.1 Å². The standard InChI is InChI=1S/C20H21NO4/c22-17-12-15(20(24)25)11-16(19(17)23)21-18(13-7-3-1-4-8-13)14-9-5-2-6-10-14/h1-11,16-19,21-23H,12H2,(H,24,25)/t16-,17-,19+/m0/s1. The third-order valence-electron chi connectivity index (χ3n) is 4.47. The van der Waals surface area contributed by atoms with E-state index in [-0.39, 0.29) is 18.0 Å². The number of carboxylic acids is 1. The highest BCUT2D eigenvalue weighted by Crippen LogP contribution is 2.26. The minimum absolute atomic E-state index is 0.0595. The van der Waals surface area contributed by atoms with Gasteiger partial charge >= 0.3 is 5.97 Å². The van der Waals surface area contributed by atoms with Crippen molar-refractivity contribution in [2.75, 3.05) is 0 Å². The molecule has 5 heteroatoms. The molecule has 4 N–H and O–H groups in total. The fraction of sp³-hybridized carbons (Fsp3) is 0.250. The van der Waals surface area contributed by atoms with E-state index in [0.717, 1.165) is 11.1 Å². The summed E-state index contributed by atoms with van der Waals surface area (Å²) in [5, 5.41) is 32.9. The number of aliphatic hydroxyl groups is 2. The second kappa shape index (κ2) is 7.61. The zero-order valence-corrected chi connectivity index (χ0v) is 13.6. The molecule has 0 aliphatic heterocycles. The van der Waals surface area contributed by atoms with Gasteiger partial charge in [0.2, 0.25) is 0 Å². The molecule has 2 aromatic carbocycles. The van der Waals surface area contributed by atoms with Gasteiger partial charge in [-0.25, -0.2) is 4.79 Å². The summed E-state index contributed by atoms with van der Waals surface area (Å²) >= 11 is 0. The largest absolute Gasteiger partial charge is 0.478 e. The van der Waals surface area contributed by atoms with Crippen LogP contribution in [0.25, 0.3) is 0 Å². The maximum atomic E-state index is 11.3. The van der Waals surface area contributed by atoms with E-state index < -0.39 is 24.2 Å². The first-order valence-corrected chi connectivity index (χ1v) is 8.22. The Morgan fingerprint density at radius 2 is 1.48 bits per heavy atom. The van der Waals surface area contributed by atoms with Crippen molar-refractivity contribution in [3.05, 3.63) is 83.4 Å². The van der Waals surface area contributed by atoms with Gasteiger partial charge in [-0.1, -0.05) is 66.7 Å². The summed E-state index contributed by atoms with van der Waals surface area (Å²) in [4.78, 5) is 11.3. The van der Waals surface area contributed by atoms with Crippen molar-refractivity contribution in [2.45, 2.75) is 30.7 Å². The number of hydrogen-bond donors (Lipinski definition) is 4. The molecule has 130 valence electrons. The highest BCUT2D eigenvalue weighted by atomic mass is 16.4. The van der Waals surface area contributed by atoms with E-state index in [1.165, 1.54) is 6.08 Å². The maximum Gasteiger partial charge on any atom is 0.331 e. The molecule has 0 fully saturated rings. The molecule has 5 nitrogen and oxygen atoms in total. The number of benzene rings is 2. The van der Waals surface area contributed by atoms with Gasteiger partial charge in [0, 0.05) is 12.0 Å². The highest BCUT2D eigenvalue weighted by molar-refractivity contribution is 5.87. The predicted molar refractivity (Wildman–Crippen MR) is 94.0 cm³/mol. The minimum atomic E-state index is -1.11. The van der Waals surface area contributed by atoms with Crippen LogP contribution < -0.4 is 5.32 Å². The molecular weight excluding hydrogens is 318 g/mol. The lowest BCUT2D eigenvalue weighted by molar-refractivity contribution is -0.133. The summed E-state index contributed by atoms with van der Waals surface area (Å²) in [6.45, 7) is 0. The Labute approximate surface area is 146 Å². The van der Waals surface area contributed by atoms with Crippen molar-refractivity contribution in [2.24, 2.45) is 0 Å². The first kappa shape index (κ1) is 17.4. The van der Waals surface area contributed by atoms with Gasteiger partial charge in [-0.15, -0.1) is 0 Å². The van der Waals surface area contributed by atoms with E-state index in [0.29, 0.717) is 0 Å². The van der Waals surface area contributed by atoms with E-state index in [9.17, 15) is 20.1 Å². The number of aliphatic hydroxyl groups excluding tert-OH is 2. The van der Waals surface area contributed by atoms with E-state index >= 15 is 0 Å². The second-order valence-corrected chi connectivity index (χ2v) is 6.21. The van der Waals surface area contributed by atoms with Crippen LogP contribution in [0.3, 0.4) is 0 Å². The summed E-state index contributed by atoms with van der Waals surface area (Å²) in [6, 6.07) is 18.5. The molecule has 0 spiro atoms. The SMILES string of the molecule is O=C(O)C1=C[C@H](NC(c2ccccc2)c2ccccc2)[C@@H](O)[C@@H](O)C1. The van der Waals surface area contributed by atoms with E-state index in [1.807, 2.05) is 60.7 Å². The average molecular weight is 339 g/mol. The molecule has 1 aliphatic rings. The summed E-state index contributed by atoms with van der Waals surface area (Å²) in [5.41, 5.74) is 2.09. The summed E-state index contributed by atoms with van der Waals surface area (Å²) in [7, 11) is 0. The van der Waals surface area contributed by atoms with Crippen LogP contribution >= 0.6 is 0 Å². The molecule has 3 rings (SSSR count). The van der Waals surface area contributed by atoms with Gasteiger partial charge in [0.05, 0.1) is 24.3 Å². The Morgan fingerprint density at radius 1 is 0.960 bits per heavy atom. The third kappa shape index (κ3) is 3.96. The molecule has 0 unspecified atom stereocenters. The Balaban J connectivity index is 1.95. The Kier molecular flexibility index (Phi) is 5.28. The highest BCUT2D eigenvalue weighted by Gasteiger charge is 2.34. The second-order valence-electron chi connectivity index (χ2n) is 6.21. The van der Waals surface area contributed by atoms with E-state index in [2.05, 4.69) is 5.32 Å². The number of hydrogen-bond acceptors (Lipinski definition) is 4. The number of aliphatic carboxylic acids is 1. The fourth-order valence-corrected chi connectivity index (χ4v) is 3.14. The molecule has 1 aliphatic carbocycles. The summed E-state index contributed by atoms with van der Waals surface area (Å²) in [5.74, 6) is -1.08. The average Bonchev–Trinajstić information content (AvgIpc) is 2.64. The van der Waals surface area contributed by atoms with E-state index in [1.54, 1.807) is 0 Å². The van der Waals surface area contributed by atoms with Crippen LogP contribution in [-0.2, 0) is 4.79 Å². The van der Waals surface area contributed by atoms with Crippen molar-refractivity contribution in [1.82, 2.24) is 5.32 Å². The van der Waals surface area contributed by atoms with Crippen LogP contribution in [0, 0.1) is 0 Å². The van der Waals surface area contributed by atoms with Crippen LogP contribution in [0.15, 0.2) is 72.3 Å². The molecule has 0 heterocycles. The molecule has 2 aromatic rings. The fourth-order valence-electron chi connectivity index (χ4n) is 3.14. The normalized spacial score (nSPS) is 23.3. The number of nitrogens with one attached hydrogen (secondary N) is 1. The monoisotopic (exact) mass is 339 g/mol. The molecule has 0 radical (unpaired) electrons. The molecule has 0 bridgehead atoms. The van der Waals surface area contributed by atoms with Crippen LogP contribution in [0.1, 0.15) is 23.6 Å². The first-order valence-electron chi connectivity index (χ1n) is 8.22. The van der Waals surface area contributed by atoms with Gasteiger partial charge in [0.25, 0.3) is 0 Å². The minimum Gasteiger partial charge on any atom is -0.478 e. The molecule has 3 atom stereocenters. The van der Waals surface area contributed by atoms with Gasteiger partial charge in [-0.2, -0.15) is 0 Å². The quantitative estimate of drug-likeness (QED) is 0.668. The van der Waals surface area contributed by atoms with Crippen molar-refractivity contribution in [1.29, 1.82) is 0 Å². The van der Waals surface area contributed by atoms with Crippen molar-refractivity contribution >= 4 is 5.97 Å². The molecule has 0 aromatic heterocycles. The zero-order chi connectivity index (χ0) is 17.8. The lowest BCUT2D eigenvalue weighted by atomic mass is 9.88. The maximum absolute atomic E-state index is 11.3. The van der Waals surface area contributed by atoms with Gasteiger partial charge in [0.15, 0.2) is 0 Å². The lowest BCUT2D eigenvalue weighted by Gasteiger charge is -2.33. The van der Waals surface area contributed by atoms with Crippen LogP contribution in [0.2, 0.25) is 0 Å². The first-order chi connectivity index (χ1) is 12.1. The third-order valence-corrected chi connectivity index (χ3v) is 4.47. The number of carbonyl (C=O) groups is 1. The van der Waals surface area contributed by atoms with Gasteiger partial charge < -0.3 is 15.3 Å². The lowest BCUT2D eigenvalue weighted by Crippen LogP contribution is -2.49. The van der Waals surface area contributed by atoms with Crippen molar-refractivity contribution in [3.63, 3.8) is 0 Å². The molecule has 25 heavy (non-hydrogen) atoms. The smallest absolute Gasteiger partial charge is 0.331 e. The van der Waals surface area contributed by atoms with E-state index in [4.69, 9.17) is 0 Å². The van der Waals surface area contributed by atoms with Crippen molar-refractivity contribution in [3.8, 4) is 0 Å². The van der Waals surface area contributed by atoms with Crippen LogP contribution in [0.5, 0.6) is 0 Å². The van der Waals surface area contributed by atoms with Gasteiger partial charge in [-0.3, -0.25) is 5.32 Å². The Hall–Kier alpha value is -2.47. The zero-order valence-electron chi connectivity index (χ0n) is 13.6. The molecule has 0 saturated heterocycles. The van der Waals surface area contributed by atoms with Crippen LogP contribution in [0.4, 0.5) is 0 Å².